The average Bonchev–Trinajstić information content (AvgIpc) is 2.68. The Morgan fingerprint density at radius 3 is 2.10 bits per heavy atom. The van der Waals surface area contributed by atoms with Gasteiger partial charge in [0.15, 0.2) is 24.6 Å². The Bertz CT molecular complexity index is 575. The molecule has 0 aromatic carbocycles. The quantitative estimate of drug-likeness (QED) is 0.263. The van der Waals surface area contributed by atoms with Crippen molar-refractivity contribution in [2.75, 3.05) is 6.61 Å². The number of esters is 3. The lowest BCUT2D eigenvalue weighted by Gasteiger charge is -2.42. The first-order chi connectivity index (χ1) is 14.6. The standard InChI is InChI=1S/C22H38O9/c1-13(2)10-8-6-7-9-11-17(25)30-18-16(12-23)29-22(27)20(28-15(5)24)19(18)31-21(26)14(3)4/h13-14,16,18-20,22-23,27H,6-12H2,1-5H3. The summed E-state index contributed by atoms with van der Waals surface area (Å²) >= 11 is 0. The number of ether oxygens (including phenoxy) is 4. The SMILES string of the molecule is CC(=O)OC1C(O)OC(CO)C(OC(=O)CCCCCCC(C)C)C1OC(=O)C(C)C. The van der Waals surface area contributed by atoms with E-state index in [-0.39, 0.29) is 6.42 Å². The highest BCUT2D eigenvalue weighted by molar-refractivity contribution is 5.72. The first kappa shape index (κ1) is 27.3. The van der Waals surface area contributed by atoms with E-state index in [1.54, 1.807) is 13.8 Å². The number of carbonyl (C=O) groups excluding carboxylic acids is 3. The van der Waals surface area contributed by atoms with Crippen LogP contribution in [-0.2, 0) is 33.3 Å². The Hall–Kier alpha value is -1.71. The second-order valence-corrected chi connectivity index (χ2v) is 8.68. The lowest BCUT2D eigenvalue weighted by molar-refractivity contribution is -0.296. The molecule has 1 aliphatic rings. The molecule has 31 heavy (non-hydrogen) atoms. The van der Waals surface area contributed by atoms with Crippen LogP contribution in [0.2, 0.25) is 0 Å². The van der Waals surface area contributed by atoms with Crippen molar-refractivity contribution in [1.29, 1.82) is 0 Å². The van der Waals surface area contributed by atoms with E-state index in [0.29, 0.717) is 12.3 Å². The van der Waals surface area contributed by atoms with Gasteiger partial charge in [-0.3, -0.25) is 14.4 Å². The van der Waals surface area contributed by atoms with Crippen molar-refractivity contribution in [3.63, 3.8) is 0 Å². The molecule has 0 saturated carbocycles. The molecule has 180 valence electrons. The third-order valence-corrected chi connectivity index (χ3v) is 4.99. The summed E-state index contributed by atoms with van der Waals surface area (Å²) in [5.41, 5.74) is 0. The summed E-state index contributed by atoms with van der Waals surface area (Å²) in [7, 11) is 0. The van der Waals surface area contributed by atoms with E-state index in [1.807, 2.05) is 0 Å². The smallest absolute Gasteiger partial charge is 0.308 e. The average molecular weight is 447 g/mol. The minimum absolute atomic E-state index is 0.155. The number of carbonyl (C=O) groups is 3. The van der Waals surface area contributed by atoms with Crippen molar-refractivity contribution in [1.82, 2.24) is 0 Å². The Morgan fingerprint density at radius 2 is 1.55 bits per heavy atom. The molecule has 9 heteroatoms. The summed E-state index contributed by atoms with van der Waals surface area (Å²) in [6.07, 6.45) is -1.78. The normalized spacial score (nSPS) is 26.0. The fourth-order valence-electron chi connectivity index (χ4n) is 3.29. The molecule has 5 atom stereocenters. The largest absolute Gasteiger partial charge is 0.455 e. The summed E-state index contributed by atoms with van der Waals surface area (Å²) in [4.78, 5) is 36.1. The van der Waals surface area contributed by atoms with Crippen molar-refractivity contribution in [3.05, 3.63) is 0 Å². The predicted octanol–water partition coefficient (Wildman–Crippen LogP) is 2.10. The maximum atomic E-state index is 12.4. The van der Waals surface area contributed by atoms with Gasteiger partial charge in [0.25, 0.3) is 0 Å². The van der Waals surface area contributed by atoms with Crippen molar-refractivity contribution in [2.45, 2.75) is 104 Å². The second-order valence-electron chi connectivity index (χ2n) is 8.68. The highest BCUT2D eigenvalue weighted by Crippen LogP contribution is 2.28. The number of hydrogen-bond acceptors (Lipinski definition) is 9. The fraction of sp³-hybridized carbons (Fsp3) is 0.864. The number of aliphatic hydroxyl groups is 2. The minimum Gasteiger partial charge on any atom is -0.455 e. The first-order valence-corrected chi connectivity index (χ1v) is 11.1. The van der Waals surface area contributed by atoms with E-state index in [9.17, 15) is 24.6 Å². The molecule has 0 aromatic heterocycles. The highest BCUT2D eigenvalue weighted by atomic mass is 16.7. The molecule has 1 fully saturated rings. The molecule has 0 aliphatic carbocycles. The molecule has 1 aliphatic heterocycles. The van der Waals surface area contributed by atoms with Crippen LogP contribution in [0.15, 0.2) is 0 Å². The molecule has 5 unspecified atom stereocenters. The van der Waals surface area contributed by atoms with Gasteiger partial charge >= 0.3 is 17.9 Å². The molecule has 0 radical (unpaired) electrons. The van der Waals surface area contributed by atoms with Gasteiger partial charge in [0.2, 0.25) is 0 Å². The van der Waals surface area contributed by atoms with E-state index >= 15 is 0 Å². The van der Waals surface area contributed by atoms with Crippen LogP contribution >= 0.6 is 0 Å². The molecule has 2 N–H and O–H groups in total. The van der Waals surface area contributed by atoms with E-state index in [1.165, 1.54) is 0 Å². The van der Waals surface area contributed by atoms with Crippen LogP contribution in [0.5, 0.6) is 0 Å². The Morgan fingerprint density at radius 1 is 0.903 bits per heavy atom. The van der Waals surface area contributed by atoms with Crippen LogP contribution in [0.1, 0.15) is 73.1 Å². The predicted molar refractivity (Wildman–Crippen MR) is 111 cm³/mol. The first-order valence-electron chi connectivity index (χ1n) is 11.1. The topological polar surface area (TPSA) is 129 Å². The summed E-state index contributed by atoms with van der Waals surface area (Å²) in [5.74, 6) is -1.75. The second kappa shape index (κ2) is 13.6. The zero-order valence-corrected chi connectivity index (χ0v) is 19.2. The number of unbranched alkanes of at least 4 members (excludes halogenated alkanes) is 3. The van der Waals surface area contributed by atoms with Gasteiger partial charge in [-0.05, 0) is 12.3 Å². The van der Waals surface area contributed by atoms with Gasteiger partial charge in [0.05, 0.1) is 12.5 Å². The molecular weight excluding hydrogens is 408 g/mol. The van der Waals surface area contributed by atoms with Gasteiger partial charge in [0.1, 0.15) is 6.10 Å². The van der Waals surface area contributed by atoms with Crippen molar-refractivity contribution < 1.29 is 43.5 Å². The molecule has 0 bridgehead atoms. The summed E-state index contributed by atoms with van der Waals surface area (Å²) in [6.45, 7) is 8.11. The highest BCUT2D eigenvalue weighted by Gasteiger charge is 2.51. The van der Waals surface area contributed by atoms with Crippen molar-refractivity contribution in [2.24, 2.45) is 11.8 Å². The molecule has 1 heterocycles. The van der Waals surface area contributed by atoms with E-state index < -0.39 is 61.1 Å². The van der Waals surface area contributed by atoms with Crippen LogP contribution < -0.4 is 0 Å². The Labute approximate surface area is 184 Å². The molecule has 1 rings (SSSR count). The van der Waals surface area contributed by atoms with Crippen LogP contribution in [-0.4, -0.2) is 65.4 Å². The Kier molecular flexibility index (Phi) is 12.0. The number of aliphatic hydroxyl groups excluding tert-OH is 2. The van der Waals surface area contributed by atoms with E-state index in [4.69, 9.17) is 18.9 Å². The third kappa shape index (κ3) is 9.53. The molecule has 0 aromatic rings. The Balaban J connectivity index is 2.82. The van der Waals surface area contributed by atoms with Crippen LogP contribution in [0.4, 0.5) is 0 Å². The van der Waals surface area contributed by atoms with Crippen LogP contribution in [0.3, 0.4) is 0 Å². The minimum atomic E-state index is -1.65. The maximum Gasteiger partial charge on any atom is 0.308 e. The maximum absolute atomic E-state index is 12.4. The number of hydrogen-bond donors (Lipinski definition) is 2. The van der Waals surface area contributed by atoms with E-state index in [0.717, 1.165) is 32.6 Å². The molecule has 0 amide bonds. The van der Waals surface area contributed by atoms with Crippen LogP contribution in [0, 0.1) is 11.8 Å². The van der Waals surface area contributed by atoms with Gasteiger partial charge in [-0.25, -0.2) is 0 Å². The van der Waals surface area contributed by atoms with Crippen molar-refractivity contribution in [3.8, 4) is 0 Å². The lowest BCUT2D eigenvalue weighted by Crippen LogP contribution is -2.62. The fourth-order valence-corrected chi connectivity index (χ4v) is 3.29. The van der Waals surface area contributed by atoms with Gasteiger partial charge in [-0.1, -0.05) is 53.4 Å². The van der Waals surface area contributed by atoms with Gasteiger partial charge < -0.3 is 29.2 Å². The summed E-state index contributed by atoms with van der Waals surface area (Å²) in [5, 5.41) is 19.9. The van der Waals surface area contributed by atoms with Gasteiger partial charge in [0, 0.05) is 13.3 Å². The van der Waals surface area contributed by atoms with Gasteiger partial charge in [-0.2, -0.15) is 0 Å². The molecular formula is C22H38O9. The summed E-state index contributed by atoms with van der Waals surface area (Å²) < 4.78 is 21.3. The molecule has 9 nitrogen and oxygen atoms in total. The molecule has 0 spiro atoms. The van der Waals surface area contributed by atoms with Gasteiger partial charge in [-0.15, -0.1) is 0 Å². The summed E-state index contributed by atoms with van der Waals surface area (Å²) in [6, 6.07) is 0. The van der Waals surface area contributed by atoms with Crippen LogP contribution in [0.25, 0.3) is 0 Å². The van der Waals surface area contributed by atoms with E-state index in [2.05, 4.69) is 13.8 Å². The number of rotatable bonds is 12. The lowest BCUT2D eigenvalue weighted by atomic mass is 9.98. The zero-order valence-electron chi connectivity index (χ0n) is 19.2. The zero-order chi connectivity index (χ0) is 23.6. The van der Waals surface area contributed by atoms with Crippen molar-refractivity contribution >= 4 is 17.9 Å². The third-order valence-electron chi connectivity index (χ3n) is 4.99. The monoisotopic (exact) mass is 446 g/mol. The molecule has 1 saturated heterocycles.